The Hall–Kier alpha value is -3.42. The van der Waals surface area contributed by atoms with Crippen molar-refractivity contribution in [2.24, 2.45) is 33.8 Å². The molecule has 14 heteroatoms. The number of nitrogens with zero attached hydrogens (tertiary/aromatic N) is 1. The van der Waals surface area contributed by atoms with Crippen LogP contribution in [0.25, 0.3) is 0 Å². The molecule has 4 unspecified atom stereocenters. The fourth-order valence-corrected chi connectivity index (χ4v) is 2.63. The van der Waals surface area contributed by atoms with E-state index in [9.17, 15) is 29.1 Å². The molecule has 0 rings (SSSR count). The number of carboxylic acids is 1. The smallest absolute Gasteiger partial charge is 0.326 e. The number of carbonyl (C=O) groups excluding carboxylic acids is 4. The Morgan fingerprint density at radius 1 is 0.970 bits per heavy atom. The molecular weight excluding hydrogens is 436 g/mol. The minimum Gasteiger partial charge on any atom is -0.480 e. The molecule has 33 heavy (non-hydrogen) atoms. The van der Waals surface area contributed by atoms with Gasteiger partial charge in [-0.15, -0.1) is 0 Å². The number of hydrogen-bond donors (Lipinski definition) is 8. The molecule has 0 aromatic rings. The van der Waals surface area contributed by atoms with Gasteiger partial charge in [-0.2, -0.15) is 0 Å². The molecule has 0 aromatic heterocycles. The normalized spacial score (nSPS) is 14.2. The van der Waals surface area contributed by atoms with Crippen molar-refractivity contribution in [2.45, 2.75) is 64.1 Å². The highest BCUT2D eigenvalue weighted by Gasteiger charge is 2.27. The third kappa shape index (κ3) is 12.9. The van der Waals surface area contributed by atoms with Crippen molar-refractivity contribution in [1.82, 2.24) is 16.0 Å². The molecule has 0 fully saturated rings. The Bertz CT molecular complexity index is 725. The van der Waals surface area contributed by atoms with E-state index in [1.807, 2.05) is 6.92 Å². The summed E-state index contributed by atoms with van der Waals surface area (Å²) in [6.07, 6.45) is 0.740. The molecule has 0 bridgehead atoms. The van der Waals surface area contributed by atoms with Crippen LogP contribution in [-0.2, 0) is 24.0 Å². The van der Waals surface area contributed by atoms with E-state index < -0.39 is 54.3 Å². The molecule has 0 aliphatic rings. The molecule has 4 atom stereocenters. The SMILES string of the molecule is CCC(C)C(N)C(=O)NC(CCC(N)=O)C(=O)NCC(=O)NC(CCCN=C(N)N)C(=O)O. The first-order valence-corrected chi connectivity index (χ1v) is 10.6. The molecule has 0 aliphatic heterocycles. The highest BCUT2D eigenvalue weighted by molar-refractivity contribution is 5.93. The third-order valence-corrected chi connectivity index (χ3v) is 4.87. The lowest BCUT2D eigenvalue weighted by Crippen LogP contribution is -2.54. The van der Waals surface area contributed by atoms with Gasteiger partial charge in [-0.3, -0.25) is 24.2 Å². The van der Waals surface area contributed by atoms with Crippen LogP contribution in [0.2, 0.25) is 0 Å². The second kappa shape index (κ2) is 15.4. The summed E-state index contributed by atoms with van der Waals surface area (Å²) in [5.41, 5.74) is 21.4. The lowest BCUT2D eigenvalue weighted by molar-refractivity contribution is -0.142. The van der Waals surface area contributed by atoms with E-state index in [2.05, 4.69) is 20.9 Å². The van der Waals surface area contributed by atoms with Crippen LogP contribution in [0.5, 0.6) is 0 Å². The van der Waals surface area contributed by atoms with Crippen LogP contribution in [-0.4, -0.2) is 71.9 Å². The number of hydrogen-bond acceptors (Lipinski definition) is 7. The highest BCUT2D eigenvalue weighted by Crippen LogP contribution is 2.07. The van der Waals surface area contributed by atoms with E-state index in [-0.39, 0.29) is 37.7 Å². The molecule has 4 amide bonds. The van der Waals surface area contributed by atoms with Gasteiger partial charge in [0.15, 0.2) is 5.96 Å². The van der Waals surface area contributed by atoms with Crippen molar-refractivity contribution in [3.8, 4) is 0 Å². The lowest BCUT2D eigenvalue weighted by Gasteiger charge is -2.23. The number of aliphatic imine (C=N–C) groups is 1. The van der Waals surface area contributed by atoms with Crippen LogP contribution in [0.3, 0.4) is 0 Å². The monoisotopic (exact) mass is 472 g/mol. The molecule has 12 N–H and O–H groups in total. The molecule has 0 saturated carbocycles. The van der Waals surface area contributed by atoms with Crippen molar-refractivity contribution >= 4 is 35.6 Å². The summed E-state index contributed by atoms with van der Waals surface area (Å²) < 4.78 is 0. The number of carboxylic acid groups (broad SMARTS) is 1. The van der Waals surface area contributed by atoms with E-state index in [1.54, 1.807) is 6.92 Å². The van der Waals surface area contributed by atoms with E-state index in [0.29, 0.717) is 12.8 Å². The zero-order valence-electron chi connectivity index (χ0n) is 19.0. The quantitative estimate of drug-likeness (QED) is 0.0639. The largest absolute Gasteiger partial charge is 0.480 e. The van der Waals surface area contributed by atoms with Crippen LogP contribution >= 0.6 is 0 Å². The maximum Gasteiger partial charge on any atom is 0.326 e. The van der Waals surface area contributed by atoms with Crippen molar-refractivity contribution in [1.29, 1.82) is 0 Å². The Labute approximate surface area is 192 Å². The Balaban J connectivity index is 4.90. The van der Waals surface area contributed by atoms with Gasteiger partial charge in [-0.25, -0.2) is 4.79 Å². The zero-order valence-corrected chi connectivity index (χ0v) is 19.0. The molecule has 14 nitrogen and oxygen atoms in total. The average molecular weight is 473 g/mol. The first-order chi connectivity index (χ1) is 15.4. The van der Waals surface area contributed by atoms with Crippen LogP contribution < -0.4 is 38.9 Å². The van der Waals surface area contributed by atoms with Crippen LogP contribution in [0.4, 0.5) is 0 Å². The predicted octanol–water partition coefficient (Wildman–Crippen LogP) is -3.15. The number of nitrogens with two attached hydrogens (primary N) is 4. The van der Waals surface area contributed by atoms with Gasteiger partial charge in [0.25, 0.3) is 0 Å². The second-order valence-electron chi connectivity index (χ2n) is 7.60. The van der Waals surface area contributed by atoms with Crippen molar-refractivity contribution in [2.75, 3.05) is 13.1 Å². The number of guanidine groups is 1. The third-order valence-electron chi connectivity index (χ3n) is 4.87. The molecule has 0 saturated heterocycles. The number of aliphatic carboxylic acids is 1. The number of primary amides is 1. The minimum absolute atomic E-state index is 0.0661. The van der Waals surface area contributed by atoms with E-state index >= 15 is 0 Å². The van der Waals surface area contributed by atoms with Gasteiger partial charge < -0.3 is 44.0 Å². The van der Waals surface area contributed by atoms with Crippen LogP contribution in [0.1, 0.15) is 46.0 Å². The summed E-state index contributed by atoms with van der Waals surface area (Å²) in [7, 11) is 0. The Morgan fingerprint density at radius 3 is 2.12 bits per heavy atom. The molecule has 0 aliphatic carbocycles. The van der Waals surface area contributed by atoms with E-state index in [4.69, 9.17) is 22.9 Å². The summed E-state index contributed by atoms with van der Waals surface area (Å²) in [5, 5.41) is 16.3. The van der Waals surface area contributed by atoms with Gasteiger partial charge in [0.05, 0.1) is 12.6 Å². The molecule has 0 aromatic carbocycles. The predicted molar refractivity (Wildman–Crippen MR) is 120 cm³/mol. The Kier molecular flexibility index (Phi) is 13.8. The molecular formula is C19H36N8O6. The van der Waals surface area contributed by atoms with Crippen molar-refractivity contribution in [3.05, 3.63) is 0 Å². The van der Waals surface area contributed by atoms with Crippen molar-refractivity contribution in [3.63, 3.8) is 0 Å². The van der Waals surface area contributed by atoms with Crippen LogP contribution in [0.15, 0.2) is 4.99 Å². The maximum absolute atomic E-state index is 12.5. The first kappa shape index (κ1) is 29.6. The van der Waals surface area contributed by atoms with Gasteiger partial charge in [0, 0.05) is 13.0 Å². The van der Waals surface area contributed by atoms with Gasteiger partial charge in [-0.05, 0) is 25.2 Å². The Morgan fingerprint density at radius 2 is 1.61 bits per heavy atom. The molecule has 188 valence electrons. The maximum atomic E-state index is 12.5. The zero-order chi connectivity index (χ0) is 25.6. The van der Waals surface area contributed by atoms with Gasteiger partial charge in [0.2, 0.25) is 23.6 Å². The van der Waals surface area contributed by atoms with E-state index in [1.165, 1.54) is 0 Å². The number of amides is 4. The summed E-state index contributed by atoms with van der Waals surface area (Å²) in [6, 6.07) is -3.22. The summed E-state index contributed by atoms with van der Waals surface area (Å²) in [4.78, 5) is 63.1. The fourth-order valence-electron chi connectivity index (χ4n) is 2.63. The number of rotatable bonds is 16. The number of carbonyl (C=O) groups is 5. The summed E-state index contributed by atoms with van der Waals surface area (Å²) >= 11 is 0. The van der Waals surface area contributed by atoms with Crippen molar-refractivity contribution < 1.29 is 29.1 Å². The molecule has 0 radical (unpaired) electrons. The standard InChI is InChI=1S/C19H36N8O6/c1-3-10(2)15(21)17(31)27-11(6-7-13(20)28)16(30)25-9-14(29)26-12(18(32)33)5-4-8-24-19(22)23/h10-12,15H,3-9,21H2,1-2H3,(H2,20,28)(H,25,30)(H,26,29)(H,27,31)(H,32,33)(H4,22,23,24). The fraction of sp³-hybridized carbons (Fsp3) is 0.684. The second-order valence-corrected chi connectivity index (χ2v) is 7.60. The topological polar surface area (TPSA) is 258 Å². The lowest BCUT2D eigenvalue weighted by atomic mass is 9.98. The first-order valence-electron chi connectivity index (χ1n) is 10.6. The highest BCUT2D eigenvalue weighted by atomic mass is 16.4. The van der Waals surface area contributed by atoms with Gasteiger partial charge in [0.1, 0.15) is 12.1 Å². The average Bonchev–Trinajstić information content (AvgIpc) is 2.74. The number of nitrogens with one attached hydrogen (secondary N) is 3. The molecule has 0 spiro atoms. The van der Waals surface area contributed by atoms with Crippen LogP contribution in [0, 0.1) is 5.92 Å². The minimum atomic E-state index is -1.26. The molecule has 0 heterocycles. The summed E-state index contributed by atoms with van der Waals surface area (Å²) in [6.45, 7) is 3.29. The van der Waals surface area contributed by atoms with E-state index in [0.717, 1.165) is 0 Å². The van der Waals surface area contributed by atoms with Gasteiger partial charge >= 0.3 is 5.97 Å². The van der Waals surface area contributed by atoms with Gasteiger partial charge in [-0.1, -0.05) is 20.3 Å². The summed E-state index contributed by atoms with van der Waals surface area (Å²) in [5.74, 6) is -4.27.